The van der Waals surface area contributed by atoms with Gasteiger partial charge in [0, 0.05) is 5.56 Å². The van der Waals surface area contributed by atoms with Gasteiger partial charge in [-0.2, -0.15) is 4.98 Å². The molecule has 3 aromatic rings. The van der Waals surface area contributed by atoms with E-state index < -0.39 is 6.04 Å². The normalized spacial score (nSPS) is 12.7. The van der Waals surface area contributed by atoms with Crippen LogP contribution in [0.2, 0.25) is 5.02 Å². The van der Waals surface area contributed by atoms with E-state index in [0.717, 1.165) is 6.42 Å². The number of rotatable bonds is 9. The second-order valence-electron chi connectivity index (χ2n) is 7.19. The molecule has 0 saturated carbocycles. The lowest BCUT2D eigenvalue weighted by Gasteiger charge is -2.21. The number of halogens is 1. The Morgan fingerprint density at radius 1 is 1.12 bits per heavy atom. The highest BCUT2D eigenvalue weighted by Gasteiger charge is 2.28. The number of hydrogen-bond acceptors (Lipinski definition) is 7. The van der Waals surface area contributed by atoms with Crippen molar-refractivity contribution < 1.29 is 23.5 Å². The van der Waals surface area contributed by atoms with Gasteiger partial charge in [0.1, 0.15) is 6.04 Å². The van der Waals surface area contributed by atoms with E-state index in [4.69, 9.17) is 30.3 Å². The van der Waals surface area contributed by atoms with E-state index >= 15 is 0 Å². The number of benzene rings is 2. The van der Waals surface area contributed by atoms with Gasteiger partial charge in [-0.3, -0.25) is 4.79 Å². The predicted octanol–water partition coefficient (Wildman–Crippen LogP) is 4.93. The molecule has 0 unspecified atom stereocenters. The molecule has 0 aliphatic carbocycles. The zero-order chi connectivity index (χ0) is 23.3. The number of carbonyl (C=O) groups excluding carboxylic acids is 1. The first-order chi connectivity index (χ1) is 15.4. The van der Waals surface area contributed by atoms with E-state index in [2.05, 4.69) is 15.5 Å². The fraction of sp³-hybridized carbons (Fsp3) is 0.348. The first-order valence-corrected chi connectivity index (χ1v) is 10.5. The summed E-state index contributed by atoms with van der Waals surface area (Å²) >= 11 is 6.18. The molecule has 0 fully saturated rings. The van der Waals surface area contributed by atoms with E-state index in [-0.39, 0.29) is 11.8 Å². The van der Waals surface area contributed by atoms with Gasteiger partial charge in [-0.05, 0) is 30.2 Å². The first kappa shape index (κ1) is 23.4. The van der Waals surface area contributed by atoms with Crippen molar-refractivity contribution in [3.63, 3.8) is 0 Å². The van der Waals surface area contributed by atoms with Gasteiger partial charge in [-0.1, -0.05) is 49.2 Å². The minimum Gasteiger partial charge on any atom is -0.493 e. The topological polar surface area (TPSA) is 95.7 Å². The maximum absolute atomic E-state index is 12.9. The smallest absolute Gasteiger partial charge is 0.253 e. The summed E-state index contributed by atoms with van der Waals surface area (Å²) in [4.78, 5) is 17.4. The van der Waals surface area contributed by atoms with Crippen LogP contribution in [-0.4, -0.2) is 37.4 Å². The molecular formula is C23H26ClN3O5. The number of hydrogen-bond donors (Lipinski definition) is 1. The molecular weight excluding hydrogens is 434 g/mol. The lowest BCUT2D eigenvalue weighted by molar-refractivity contribution is 0.0910. The SMILES string of the molecule is CC[C@@H](C)[C@H](NC(=O)c1ccccc1Cl)c1nc(-c2cc(OC)c(OC)c(OC)c2)no1. The maximum Gasteiger partial charge on any atom is 0.253 e. The van der Waals surface area contributed by atoms with Crippen molar-refractivity contribution in [3.05, 3.63) is 52.9 Å². The predicted molar refractivity (Wildman–Crippen MR) is 121 cm³/mol. The highest BCUT2D eigenvalue weighted by atomic mass is 35.5. The second kappa shape index (κ2) is 10.4. The van der Waals surface area contributed by atoms with Gasteiger partial charge in [-0.15, -0.1) is 0 Å². The standard InChI is InChI=1S/C23H26ClN3O5/c1-6-13(2)19(25-22(28)15-9-7-8-10-16(15)24)23-26-21(27-32-23)14-11-17(29-3)20(31-5)18(12-14)30-4/h7-13,19H,6H2,1-5H3,(H,25,28)/t13-,19+/m1/s1. The van der Waals surface area contributed by atoms with Crippen molar-refractivity contribution in [3.8, 4) is 28.6 Å². The van der Waals surface area contributed by atoms with Crippen molar-refractivity contribution in [1.82, 2.24) is 15.5 Å². The largest absolute Gasteiger partial charge is 0.493 e. The Kier molecular flexibility index (Phi) is 7.58. The van der Waals surface area contributed by atoms with Crippen LogP contribution in [0.5, 0.6) is 17.2 Å². The highest BCUT2D eigenvalue weighted by Crippen LogP contribution is 2.40. The molecule has 1 heterocycles. The van der Waals surface area contributed by atoms with Crippen molar-refractivity contribution in [1.29, 1.82) is 0 Å². The molecule has 170 valence electrons. The summed E-state index contributed by atoms with van der Waals surface area (Å²) in [5.41, 5.74) is 1.00. The van der Waals surface area contributed by atoms with Crippen LogP contribution in [0.4, 0.5) is 0 Å². The van der Waals surface area contributed by atoms with E-state index in [9.17, 15) is 4.79 Å². The third-order valence-electron chi connectivity index (χ3n) is 5.25. The molecule has 2 aromatic carbocycles. The van der Waals surface area contributed by atoms with Crippen LogP contribution < -0.4 is 19.5 Å². The monoisotopic (exact) mass is 459 g/mol. The average Bonchev–Trinajstić information content (AvgIpc) is 3.31. The Balaban J connectivity index is 1.94. The van der Waals surface area contributed by atoms with Gasteiger partial charge >= 0.3 is 0 Å². The highest BCUT2D eigenvalue weighted by molar-refractivity contribution is 6.33. The zero-order valence-electron chi connectivity index (χ0n) is 18.6. The second-order valence-corrected chi connectivity index (χ2v) is 7.59. The first-order valence-electron chi connectivity index (χ1n) is 10.1. The number of nitrogens with one attached hydrogen (secondary N) is 1. The van der Waals surface area contributed by atoms with Gasteiger partial charge in [0.15, 0.2) is 11.5 Å². The van der Waals surface area contributed by atoms with Gasteiger partial charge < -0.3 is 24.1 Å². The van der Waals surface area contributed by atoms with Crippen molar-refractivity contribution >= 4 is 17.5 Å². The van der Waals surface area contributed by atoms with Gasteiger partial charge in [0.05, 0.1) is 31.9 Å². The van der Waals surface area contributed by atoms with E-state index in [0.29, 0.717) is 45.1 Å². The van der Waals surface area contributed by atoms with Crippen molar-refractivity contribution in [2.24, 2.45) is 5.92 Å². The summed E-state index contributed by atoms with van der Waals surface area (Å²) in [7, 11) is 4.60. The van der Waals surface area contributed by atoms with Gasteiger partial charge in [0.25, 0.3) is 5.91 Å². The van der Waals surface area contributed by atoms with Crippen LogP contribution in [0.1, 0.15) is 42.6 Å². The summed E-state index contributed by atoms with van der Waals surface area (Å²) in [5.74, 6) is 1.76. The van der Waals surface area contributed by atoms with E-state index in [1.54, 1.807) is 36.4 Å². The minimum absolute atomic E-state index is 0.0367. The van der Waals surface area contributed by atoms with Crippen LogP contribution in [0.15, 0.2) is 40.9 Å². The third-order valence-corrected chi connectivity index (χ3v) is 5.58. The number of methoxy groups -OCH3 is 3. The van der Waals surface area contributed by atoms with Gasteiger partial charge in [0.2, 0.25) is 17.5 Å². The number of amides is 1. The molecule has 9 heteroatoms. The molecule has 3 rings (SSSR count). The lowest BCUT2D eigenvalue weighted by atomic mass is 9.98. The summed E-state index contributed by atoms with van der Waals surface area (Å²) in [6.07, 6.45) is 0.787. The Morgan fingerprint density at radius 2 is 1.78 bits per heavy atom. The molecule has 0 saturated heterocycles. The Bertz CT molecular complexity index is 1060. The summed E-state index contributed by atoms with van der Waals surface area (Å²) < 4.78 is 21.7. The van der Waals surface area contributed by atoms with Crippen LogP contribution in [0, 0.1) is 5.92 Å². The quantitative estimate of drug-likeness (QED) is 0.484. The number of ether oxygens (including phenoxy) is 3. The summed E-state index contributed by atoms with van der Waals surface area (Å²) in [5, 5.41) is 7.46. The fourth-order valence-corrected chi connectivity index (χ4v) is 3.46. The molecule has 0 aliphatic rings. The maximum atomic E-state index is 12.9. The molecule has 2 atom stereocenters. The molecule has 0 aliphatic heterocycles. The summed E-state index contributed by atoms with van der Waals surface area (Å²) in [6.45, 7) is 4.02. The number of nitrogens with zero attached hydrogens (tertiary/aromatic N) is 2. The fourth-order valence-electron chi connectivity index (χ4n) is 3.24. The van der Waals surface area contributed by atoms with E-state index in [1.165, 1.54) is 21.3 Å². The number of aromatic nitrogens is 2. The minimum atomic E-state index is -0.493. The third kappa shape index (κ3) is 4.80. The van der Waals surface area contributed by atoms with Crippen LogP contribution in [0.3, 0.4) is 0 Å². The van der Waals surface area contributed by atoms with Crippen LogP contribution in [-0.2, 0) is 0 Å². The number of carbonyl (C=O) groups is 1. The summed E-state index contributed by atoms with van der Waals surface area (Å²) in [6, 6.07) is 9.84. The zero-order valence-corrected chi connectivity index (χ0v) is 19.4. The Morgan fingerprint density at radius 3 is 2.34 bits per heavy atom. The molecule has 1 N–H and O–H groups in total. The van der Waals surface area contributed by atoms with Crippen LogP contribution in [0.25, 0.3) is 11.4 Å². The Hall–Kier alpha value is -3.26. The van der Waals surface area contributed by atoms with Crippen LogP contribution >= 0.6 is 11.6 Å². The van der Waals surface area contributed by atoms with Gasteiger partial charge in [-0.25, -0.2) is 0 Å². The molecule has 32 heavy (non-hydrogen) atoms. The van der Waals surface area contributed by atoms with E-state index in [1.807, 2.05) is 13.8 Å². The molecule has 0 radical (unpaired) electrons. The van der Waals surface area contributed by atoms with Crippen molar-refractivity contribution in [2.75, 3.05) is 21.3 Å². The molecule has 1 amide bonds. The van der Waals surface area contributed by atoms with Crippen molar-refractivity contribution in [2.45, 2.75) is 26.3 Å². The molecule has 1 aromatic heterocycles. The lowest BCUT2D eigenvalue weighted by Crippen LogP contribution is -2.33. The molecule has 0 bridgehead atoms. The molecule has 8 nitrogen and oxygen atoms in total. The molecule has 0 spiro atoms. The Labute approximate surface area is 191 Å². The average molecular weight is 460 g/mol.